The van der Waals surface area contributed by atoms with Crippen molar-refractivity contribution >= 4 is 52.5 Å². The molecule has 0 fully saturated rings. The Morgan fingerprint density at radius 2 is 1.90 bits per heavy atom. The van der Waals surface area contributed by atoms with Gasteiger partial charge in [0.2, 0.25) is 5.91 Å². The van der Waals surface area contributed by atoms with Crippen molar-refractivity contribution in [3.63, 3.8) is 0 Å². The van der Waals surface area contributed by atoms with Crippen molar-refractivity contribution in [1.29, 1.82) is 0 Å². The molecule has 1 amide bonds. The van der Waals surface area contributed by atoms with Gasteiger partial charge in [-0.05, 0) is 40.8 Å². The zero-order valence-electron chi connectivity index (χ0n) is 17.8. The number of rotatable bonds is 5. The standard InChI is InChI=1S/C23H25Cl2NO4S/c1-23(2,3)12-26-16-9-8-13(24)10-15(16)21(31-18(22(26)29)11-19(27)28)14-6-5-7-17(30-4)20(14)25/h5-10,18,21H,11-12H2,1-4H3,(H,27,28). The molecule has 8 heteroatoms. The largest absolute Gasteiger partial charge is 0.495 e. The van der Waals surface area contributed by atoms with E-state index in [1.54, 1.807) is 17.0 Å². The number of methoxy groups -OCH3 is 1. The fourth-order valence-electron chi connectivity index (χ4n) is 3.63. The predicted molar refractivity (Wildman–Crippen MR) is 127 cm³/mol. The van der Waals surface area contributed by atoms with Gasteiger partial charge in [0.25, 0.3) is 0 Å². The first-order valence-corrected chi connectivity index (χ1v) is 11.5. The Morgan fingerprint density at radius 3 is 2.52 bits per heavy atom. The van der Waals surface area contributed by atoms with Gasteiger partial charge >= 0.3 is 5.97 Å². The normalized spacial score (nSPS) is 19.0. The van der Waals surface area contributed by atoms with E-state index in [4.69, 9.17) is 27.9 Å². The van der Waals surface area contributed by atoms with Gasteiger partial charge in [0.1, 0.15) is 5.75 Å². The number of benzene rings is 2. The first kappa shape index (κ1) is 23.8. The van der Waals surface area contributed by atoms with Crippen LogP contribution in [0.2, 0.25) is 10.0 Å². The Morgan fingerprint density at radius 1 is 1.19 bits per heavy atom. The summed E-state index contributed by atoms with van der Waals surface area (Å²) in [6.45, 7) is 6.55. The number of carboxylic acids is 1. The monoisotopic (exact) mass is 481 g/mol. The van der Waals surface area contributed by atoms with Gasteiger partial charge in [-0.2, -0.15) is 0 Å². The summed E-state index contributed by atoms with van der Waals surface area (Å²) in [5.41, 5.74) is 2.08. The van der Waals surface area contributed by atoms with E-state index < -0.39 is 16.5 Å². The fraction of sp³-hybridized carbons (Fsp3) is 0.391. The Balaban J connectivity index is 2.25. The minimum atomic E-state index is -1.03. The zero-order chi connectivity index (χ0) is 22.9. The zero-order valence-corrected chi connectivity index (χ0v) is 20.1. The quantitative estimate of drug-likeness (QED) is 0.561. The number of ether oxygens (including phenoxy) is 1. The summed E-state index contributed by atoms with van der Waals surface area (Å²) in [7, 11) is 1.54. The van der Waals surface area contributed by atoms with E-state index in [0.29, 0.717) is 28.0 Å². The maximum absolute atomic E-state index is 13.5. The van der Waals surface area contributed by atoms with E-state index in [0.717, 1.165) is 11.1 Å². The molecule has 0 spiro atoms. The lowest BCUT2D eigenvalue weighted by Crippen LogP contribution is -2.42. The van der Waals surface area contributed by atoms with Crippen LogP contribution in [0, 0.1) is 5.41 Å². The number of carbonyl (C=O) groups is 2. The van der Waals surface area contributed by atoms with Crippen molar-refractivity contribution in [2.75, 3.05) is 18.6 Å². The van der Waals surface area contributed by atoms with Crippen LogP contribution < -0.4 is 9.64 Å². The Hall–Kier alpha value is -1.89. The molecule has 0 bridgehead atoms. The minimum Gasteiger partial charge on any atom is -0.495 e. The highest BCUT2D eigenvalue weighted by molar-refractivity contribution is 8.01. The van der Waals surface area contributed by atoms with Crippen LogP contribution in [0.15, 0.2) is 36.4 Å². The molecule has 5 nitrogen and oxygen atoms in total. The SMILES string of the molecule is COc1cccc(C2SC(CC(=O)O)C(=O)N(CC(C)(C)C)c3ccc(Cl)cc32)c1Cl. The van der Waals surface area contributed by atoms with Gasteiger partial charge in [0, 0.05) is 17.3 Å². The number of hydrogen-bond acceptors (Lipinski definition) is 4. The maximum atomic E-state index is 13.5. The summed E-state index contributed by atoms with van der Waals surface area (Å²) >= 11 is 14.3. The summed E-state index contributed by atoms with van der Waals surface area (Å²) in [5, 5.41) is 9.28. The molecule has 3 rings (SSSR count). The molecule has 0 radical (unpaired) electrons. The highest BCUT2D eigenvalue weighted by Gasteiger charge is 2.39. The number of anilines is 1. The van der Waals surface area contributed by atoms with Gasteiger partial charge < -0.3 is 14.7 Å². The van der Waals surface area contributed by atoms with Crippen LogP contribution >= 0.6 is 35.0 Å². The third kappa shape index (κ3) is 5.30. The van der Waals surface area contributed by atoms with Crippen molar-refractivity contribution in [3.8, 4) is 5.75 Å². The van der Waals surface area contributed by atoms with Crippen molar-refractivity contribution in [2.45, 2.75) is 37.7 Å². The minimum absolute atomic E-state index is 0.196. The number of carbonyl (C=O) groups excluding carboxylic acids is 1. The summed E-state index contributed by atoms with van der Waals surface area (Å²) in [5.74, 6) is -0.742. The second-order valence-electron chi connectivity index (χ2n) is 8.65. The van der Waals surface area contributed by atoms with Crippen molar-refractivity contribution in [2.24, 2.45) is 5.41 Å². The number of carboxylic acid groups (broad SMARTS) is 1. The van der Waals surface area contributed by atoms with E-state index in [1.165, 1.54) is 18.9 Å². The van der Waals surface area contributed by atoms with E-state index in [1.807, 2.05) is 45.0 Å². The van der Waals surface area contributed by atoms with Crippen molar-refractivity contribution in [3.05, 3.63) is 57.6 Å². The molecule has 0 saturated carbocycles. The van der Waals surface area contributed by atoms with Crippen LogP contribution in [-0.4, -0.2) is 35.9 Å². The van der Waals surface area contributed by atoms with Crippen molar-refractivity contribution < 1.29 is 19.4 Å². The molecule has 166 valence electrons. The summed E-state index contributed by atoms with van der Waals surface area (Å²) in [4.78, 5) is 26.8. The lowest BCUT2D eigenvalue weighted by Gasteiger charge is -2.31. The lowest BCUT2D eigenvalue weighted by molar-refractivity contribution is -0.138. The average molecular weight is 482 g/mol. The fourth-order valence-corrected chi connectivity index (χ4v) is 5.68. The number of aliphatic carboxylic acids is 1. The number of hydrogen-bond donors (Lipinski definition) is 1. The molecule has 1 heterocycles. The molecule has 31 heavy (non-hydrogen) atoms. The van der Waals surface area contributed by atoms with Gasteiger partial charge in [-0.3, -0.25) is 9.59 Å². The number of thioether (sulfide) groups is 1. The number of halogens is 2. The predicted octanol–water partition coefficient (Wildman–Crippen LogP) is 6.06. The Labute approximate surface area is 196 Å². The maximum Gasteiger partial charge on any atom is 0.305 e. The van der Waals surface area contributed by atoms with Gasteiger partial charge in [0.15, 0.2) is 0 Å². The molecule has 1 aliphatic rings. The van der Waals surface area contributed by atoms with Crippen LogP contribution in [0.5, 0.6) is 5.75 Å². The molecule has 0 aromatic heterocycles. The molecule has 0 saturated heterocycles. The third-order valence-corrected chi connectivity index (χ3v) is 7.01. The molecular weight excluding hydrogens is 457 g/mol. The van der Waals surface area contributed by atoms with Gasteiger partial charge in [-0.25, -0.2) is 0 Å². The molecule has 2 aromatic carbocycles. The number of amides is 1. The molecule has 1 aliphatic heterocycles. The molecule has 1 N–H and O–H groups in total. The summed E-state index contributed by atoms with van der Waals surface area (Å²) < 4.78 is 5.38. The summed E-state index contributed by atoms with van der Waals surface area (Å²) in [6.07, 6.45) is -0.288. The van der Waals surface area contributed by atoms with Gasteiger partial charge in [0.05, 0.1) is 29.1 Å². The van der Waals surface area contributed by atoms with E-state index in [2.05, 4.69) is 0 Å². The first-order chi connectivity index (χ1) is 14.5. The summed E-state index contributed by atoms with van der Waals surface area (Å²) in [6, 6.07) is 10.9. The lowest BCUT2D eigenvalue weighted by atomic mass is 9.94. The van der Waals surface area contributed by atoms with Crippen LogP contribution in [0.1, 0.15) is 43.6 Å². The molecule has 2 unspecified atom stereocenters. The van der Waals surface area contributed by atoms with E-state index in [9.17, 15) is 14.7 Å². The Kier molecular flexibility index (Phi) is 7.14. The first-order valence-electron chi connectivity index (χ1n) is 9.82. The highest BCUT2D eigenvalue weighted by atomic mass is 35.5. The number of fused-ring (bicyclic) bond motifs is 1. The van der Waals surface area contributed by atoms with Crippen LogP contribution in [0.4, 0.5) is 5.69 Å². The highest BCUT2D eigenvalue weighted by Crippen LogP contribution is 2.50. The van der Waals surface area contributed by atoms with Crippen LogP contribution in [0.25, 0.3) is 0 Å². The van der Waals surface area contributed by atoms with Gasteiger partial charge in [-0.1, -0.05) is 56.1 Å². The Bertz CT molecular complexity index is 1010. The van der Waals surface area contributed by atoms with Gasteiger partial charge in [-0.15, -0.1) is 11.8 Å². The smallest absolute Gasteiger partial charge is 0.305 e. The van der Waals surface area contributed by atoms with E-state index in [-0.39, 0.29) is 17.7 Å². The van der Waals surface area contributed by atoms with Crippen LogP contribution in [-0.2, 0) is 9.59 Å². The van der Waals surface area contributed by atoms with Crippen LogP contribution in [0.3, 0.4) is 0 Å². The van der Waals surface area contributed by atoms with Crippen molar-refractivity contribution in [1.82, 2.24) is 0 Å². The second kappa shape index (κ2) is 9.31. The second-order valence-corrected chi connectivity index (χ2v) is 10.8. The third-order valence-electron chi connectivity index (χ3n) is 4.89. The molecule has 2 aromatic rings. The number of nitrogens with zero attached hydrogens (tertiary/aromatic N) is 1. The topological polar surface area (TPSA) is 66.8 Å². The molecule has 0 aliphatic carbocycles. The van der Waals surface area contributed by atoms with E-state index >= 15 is 0 Å². The molecular formula is C23H25Cl2NO4S. The average Bonchev–Trinajstić information content (AvgIpc) is 2.77. The molecule has 2 atom stereocenters.